The number of nitrogens with one attached hydrogen (secondary N) is 1. The summed E-state index contributed by atoms with van der Waals surface area (Å²) in [6.07, 6.45) is 0. The van der Waals surface area contributed by atoms with Gasteiger partial charge in [0.15, 0.2) is 0 Å². The van der Waals surface area contributed by atoms with Crippen LogP contribution in [0.15, 0.2) is 45.7 Å². The summed E-state index contributed by atoms with van der Waals surface area (Å²) in [5.41, 5.74) is 1.12. The van der Waals surface area contributed by atoms with E-state index in [0.717, 1.165) is 19.7 Å². The van der Waals surface area contributed by atoms with Gasteiger partial charge in [-0.1, -0.05) is 39.4 Å². The Bertz CT molecular complexity index is 936. The molecule has 0 spiro atoms. The second-order valence-electron chi connectivity index (χ2n) is 4.90. The van der Waals surface area contributed by atoms with Crippen molar-refractivity contribution >= 4 is 38.3 Å². The maximum absolute atomic E-state index is 12.1. The fraction of sp³-hybridized carbons (Fsp3) is 0.133. The molecule has 0 fully saturated rings. The normalized spacial score (nSPS) is 10.6. The molecule has 1 amide bonds. The van der Waals surface area contributed by atoms with Crippen LogP contribution in [0, 0.1) is 6.92 Å². The van der Waals surface area contributed by atoms with Gasteiger partial charge >= 0.3 is 0 Å². The van der Waals surface area contributed by atoms with E-state index in [4.69, 9.17) is 0 Å². The molecular formula is C15H12BrN5O2S. The lowest BCUT2D eigenvalue weighted by atomic mass is 10.1. The van der Waals surface area contributed by atoms with E-state index in [-0.39, 0.29) is 18.0 Å². The van der Waals surface area contributed by atoms with Crippen LogP contribution in [0.3, 0.4) is 0 Å². The third-order valence-electron chi connectivity index (χ3n) is 3.07. The zero-order valence-corrected chi connectivity index (χ0v) is 15.0. The van der Waals surface area contributed by atoms with Gasteiger partial charge in [0.2, 0.25) is 11.0 Å². The van der Waals surface area contributed by atoms with Crippen LogP contribution in [0.2, 0.25) is 0 Å². The molecule has 0 saturated heterocycles. The van der Waals surface area contributed by atoms with E-state index < -0.39 is 0 Å². The van der Waals surface area contributed by atoms with Crippen molar-refractivity contribution in [2.75, 3.05) is 5.32 Å². The van der Waals surface area contributed by atoms with Gasteiger partial charge in [0.05, 0.1) is 5.69 Å². The first-order valence-electron chi connectivity index (χ1n) is 6.95. The van der Waals surface area contributed by atoms with Gasteiger partial charge in [-0.3, -0.25) is 14.9 Å². The minimum Gasteiger partial charge on any atom is -0.299 e. The Balaban J connectivity index is 1.80. The number of rotatable bonds is 4. The highest BCUT2D eigenvalue weighted by molar-refractivity contribution is 9.10. The Labute approximate surface area is 149 Å². The largest absolute Gasteiger partial charge is 0.299 e. The molecular weight excluding hydrogens is 394 g/mol. The minimum atomic E-state index is -0.381. The predicted octanol–water partition coefficient (Wildman–Crippen LogP) is 2.47. The first-order chi connectivity index (χ1) is 11.5. The van der Waals surface area contributed by atoms with Gasteiger partial charge in [-0.2, -0.15) is 5.10 Å². The van der Waals surface area contributed by atoms with Crippen molar-refractivity contribution in [3.8, 4) is 11.3 Å². The number of anilines is 1. The summed E-state index contributed by atoms with van der Waals surface area (Å²) in [5.74, 6) is -0.381. The van der Waals surface area contributed by atoms with Crippen molar-refractivity contribution in [3.05, 3.63) is 56.2 Å². The Kier molecular flexibility index (Phi) is 4.81. The van der Waals surface area contributed by atoms with Gasteiger partial charge in [0, 0.05) is 16.1 Å². The zero-order chi connectivity index (χ0) is 17.1. The topological polar surface area (TPSA) is 89.8 Å². The molecule has 0 saturated carbocycles. The molecule has 9 heteroatoms. The monoisotopic (exact) mass is 405 g/mol. The molecule has 0 aliphatic carbocycles. The molecule has 122 valence electrons. The number of nitrogens with zero attached hydrogens (tertiary/aromatic N) is 4. The van der Waals surface area contributed by atoms with E-state index in [1.54, 1.807) is 13.0 Å². The number of aromatic nitrogens is 4. The van der Waals surface area contributed by atoms with Gasteiger partial charge in [0.25, 0.3) is 5.56 Å². The highest BCUT2D eigenvalue weighted by Gasteiger charge is 2.10. The highest BCUT2D eigenvalue weighted by Crippen LogP contribution is 2.19. The Morgan fingerprint density at radius 2 is 1.96 bits per heavy atom. The van der Waals surface area contributed by atoms with Crippen LogP contribution in [0.1, 0.15) is 5.01 Å². The summed E-state index contributed by atoms with van der Waals surface area (Å²) < 4.78 is 2.08. The molecule has 3 rings (SSSR count). The molecule has 1 aromatic carbocycles. The number of amides is 1. The molecule has 0 atom stereocenters. The molecule has 2 aromatic heterocycles. The summed E-state index contributed by atoms with van der Waals surface area (Å²) in [6.45, 7) is 1.60. The fourth-order valence-electron chi connectivity index (χ4n) is 1.98. The summed E-state index contributed by atoms with van der Waals surface area (Å²) in [7, 11) is 0. The Morgan fingerprint density at radius 3 is 2.62 bits per heavy atom. The standard InChI is InChI=1S/C15H12BrN5O2S/c1-9-18-19-15(24-9)17-13(22)8-21-14(23)7-6-12(20-21)10-2-4-11(16)5-3-10/h2-7H,8H2,1H3,(H,17,19,22). The van der Waals surface area contributed by atoms with E-state index >= 15 is 0 Å². The van der Waals surface area contributed by atoms with Crippen LogP contribution in [0.4, 0.5) is 5.13 Å². The van der Waals surface area contributed by atoms with Crippen molar-refractivity contribution in [2.45, 2.75) is 13.5 Å². The first-order valence-corrected chi connectivity index (χ1v) is 8.56. The second kappa shape index (κ2) is 7.02. The smallest absolute Gasteiger partial charge is 0.267 e. The van der Waals surface area contributed by atoms with Gasteiger partial charge in [-0.25, -0.2) is 4.68 Å². The number of aryl methyl sites for hydroxylation is 1. The second-order valence-corrected chi connectivity index (χ2v) is 6.99. The van der Waals surface area contributed by atoms with Gasteiger partial charge in [-0.05, 0) is 25.1 Å². The summed E-state index contributed by atoms with van der Waals surface area (Å²) in [4.78, 5) is 24.0. The van der Waals surface area contributed by atoms with Crippen LogP contribution in [-0.2, 0) is 11.3 Å². The first kappa shape index (κ1) is 16.5. The van der Waals surface area contributed by atoms with Crippen LogP contribution in [-0.4, -0.2) is 25.9 Å². The molecule has 7 nitrogen and oxygen atoms in total. The molecule has 2 heterocycles. The lowest BCUT2D eigenvalue weighted by Crippen LogP contribution is -2.29. The van der Waals surface area contributed by atoms with E-state index in [9.17, 15) is 9.59 Å². The van der Waals surface area contributed by atoms with Gasteiger partial charge < -0.3 is 0 Å². The Hall–Kier alpha value is -2.39. The molecule has 1 N–H and O–H groups in total. The quantitative estimate of drug-likeness (QED) is 0.719. The van der Waals surface area contributed by atoms with E-state index in [1.807, 2.05) is 24.3 Å². The number of carbonyl (C=O) groups is 1. The molecule has 0 unspecified atom stereocenters. The third kappa shape index (κ3) is 3.92. The molecule has 0 aliphatic rings. The number of carbonyl (C=O) groups excluding carboxylic acids is 1. The Morgan fingerprint density at radius 1 is 1.21 bits per heavy atom. The van der Waals surface area contributed by atoms with Gasteiger partial charge in [0.1, 0.15) is 11.6 Å². The third-order valence-corrected chi connectivity index (χ3v) is 4.36. The van der Waals surface area contributed by atoms with E-state index in [1.165, 1.54) is 17.4 Å². The SMILES string of the molecule is Cc1nnc(NC(=O)Cn2nc(-c3ccc(Br)cc3)ccc2=O)s1. The number of halogens is 1. The number of benzene rings is 1. The van der Waals surface area contributed by atoms with Crippen LogP contribution >= 0.6 is 27.3 Å². The average molecular weight is 406 g/mol. The molecule has 3 aromatic rings. The molecule has 0 aliphatic heterocycles. The van der Waals surface area contributed by atoms with Crippen LogP contribution in [0.5, 0.6) is 0 Å². The minimum absolute atomic E-state index is 0.193. The maximum Gasteiger partial charge on any atom is 0.267 e. The summed E-state index contributed by atoms with van der Waals surface area (Å²) >= 11 is 4.64. The van der Waals surface area contributed by atoms with E-state index in [0.29, 0.717) is 10.8 Å². The summed E-state index contributed by atoms with van der Waals surface area (Å²) in [6, 6.07) is 10.6. The zero-order valence-electron chi connectivity index (χ0n) is 12.6. The van der Waals surface area contributed by atoms with Crippen molar-refractivity contribution in [1.82, 2.24) is 20.0 Å². The number of hydrogen-bond acceptors (Lipinski definition) is 6. The van der Waals surface area contributed by atoms with E-state index in [2.05, 4.69) is 36.5 Å². The van der Waals surface area contributed by atoms with Crippen molar-refractivity contribution in [3.63, 3.8) is 0 Å². The van der Waals surface area contributed by atoms with Crippen LogP contribution < -0.4 is 10.9 Å². The highest BCUT2D eigenvalue weighted by atomic mass is 79.9. The maximum atomic E-state index is 12.1. The van der Waals surface area contributed by atoms with Crippen molar-refractivity contribution < 1.29 is 4.79 Å². The van der Waals surface area contributed by atoms with Crippen LogP contribution in [0.25, 0.3) is 11.3 Å². The lowest BCUT2D eigenvalue weighted by molar-refractivity contribution is -0.117. The average Bonchev–Trinajstić information content (AvgIpc) is 2.95. The predicted molar refractivity (Wildman–Crippen MR) is 94.9 cm³/mol. The van der Waals surface area contributed by atoms with Crippen molar-refractivity contribution in [1.29, 1.82) is 0 Å². The molecule has 0 radical (unpaired) electrons. The van der Waals surface area contributed by atoms with Gasteiger partial charge in [-0.15, -0.1) is 10.2 Å². The fourth-order valence-corrected chi connectivity index (χ4v) is 2.85. The van der Waals surface area contributed by atoms with Crippen molar-refractivity contribution in [2.24, 2.45) is 0 Å². The summed E-state index contributed by atoms with van der Waals surface area (Å²) in [5, 5.41) is 15.6. The molecule has 24 heavy (non-hydrogen) atoms. The lowest BCUT2D eigenvalue weighted by Gasteiger charge is -2.07. The molecule has 0 bridgehead atoms. The number of hydrogen-bond donors (Lipinski definition) is 1.